The number of nitrogens with zero attached hydrogens (tertiary/aromatic N) is 3. The minimum absolute atomic E-state index is 0.00729. The molecule has 0 aromatic heterocycles. The Balaban J connectivity index is 0.000000270. The van der Waals surface area contributed by atoms with Gasteiger partial charge in [-0.25, -0.2) is 5.84 Å². The Morgan fingerprint density at radius 1 is 0.663 bits per heavy atom. The Labute approximate surface area is 498 Å². The Morgan fingerprint density at radius 3 is 1.95 bits per heavy atom. The fourth-order valence-corrected chi connectivity index (χ4v) is 12.2. The maximum absolute atomic E-state index is 13.6. The van der Waals surface area contributed by atoms with Crippen LogP contribution in [0.25, 0.3) is 11.4 Å². The summed E-state index contributed by atoms with van der Waals surface area (Å²) < 4.78 is 0. The predicted octanol–water partition coefficient (Wildman–Crippen LogP) is 11.7. The van der Waals surface area contributed by atoms with Crippen molar-refractivity contribution >= 4 is 52.1 Å². The molecule has 448 valence electrons. The lowest BCUT2D eigenvalue weighted by atomic mass is 9.80. The van der Waals surface area contributed by atoms with E-state index in [1.807, 2.05) is 62.4 Å². The zero-order valence-corrected chi connectivity index (χ0v) is 51.8. The summed E-state index contributed by atoms with van der Waals surface area (Å²) in [6.07, 6.45) is 24.2. The van der Waals surface area contributed by atoms with Crippen molar-refractivity contribution in [3.8, 4) is 0 Å². The van der Waals surface area contributed by atoms with E-state index >= 15 is 0 Å². The van der Waals surface area contributed by atoms with E-state index in [1.54, 1.807) is 14.8 Å². The van der Waals surface area contributed by atoms with Gasteiger partial charge in [0.2, 0.25) is 23.6 Å². The van der Waals surface area contributed by atoms with Gasteiger partial charge in [-0.15, -0.1) is 0 Å². The van der Waals surface area contributed by atoms with Crippen molar-refractivity contribution in [3.63, 3.8) is 0 Å². The quantitative estimate of drug-likeness (QED) is 0.0141. The van der Waals surface area contributed by atoms with Gasteiger partial charge in [-0.2, -0.15) is 0 Å². The number of hydrazine groups is 1. The fourth-order valence-electron chi connectivity index (χ4n) is 12.2. The van der Waals surface area contributed by atoms with Gasteiger partial charge < -0.3 is 36.5 Å². The van der Waals surface area contributed by atoms with Crippen LogP contribution in [-0.2, 0) is 36.6 Å². The van der Waals surface area contributed by atoms with Crippen LogP contribution in [0, 0.1) is 5.92 Å². The number of hydrogen-bond donors (Lipinski definition) is 6. The third-order valence-electron chi connectivity index (χ3n) is 16.8. The third kappa shape index (κ3) is 17.8. The molecule has 3 heterocycles. The molecule has 0 spiro atoms. The number of nitrogens with two attached hydrogens (primary N) is 2. The molecule has 0 radical (unpaired) electrons. The van der Waals surface area contributed by atoms with Crippen LogP contribution in [0.15, 0.2) is 133 Å². The minimum atomic E-state index is -0.144. The van der Waals surface area contributed by atoms with Crippen molar-refractivity contribution in [2.45, 2.75) is 175 Å². The number of benzene rings is 4. The Kier molecular flexibility index (Phi) is 25.3. The number of allylic oxidation sites excluding steroid dienone is 5. The summed E-state index contributed by atoms with van der Waals surface area (Å²) in [5.74, 6) is 7.47. The summed E-state index contributed by atoms with van der Waals surface area (Å²) in [5, 5.41) is 10.4. The molecule has 0 bridgehead atoms. The van der Waals surface area contributed by atoms with Crippen LogP contribution in [0.4, 0.5) is 17.1 Å². The lowest BCUT2D eigenvalue weighted by molar-refractivity contribution is -0.850. The van der Waals surface area contributed by atoms with Crippen LogP contribution in [-0.4, -0.2) is 74.5 Å². The molecule has 7 rings (SSSR count). The maximum atomic E-state index is 13.6. The van der Waals surface area contributed by atoms with Crippen LogP contribution < -0.4 is 42.2 Å². The molecule has 0 saturated heterocycles. The molecule has 0 aliphatic carbocycles. The Hall–Kier alpha value is -6.96. The third-order valence-corrected chi connectivity index (χ3v) is 16.8. The molecule has 2 atom stereocenters. The number of nitrogens with one attached hydrogen (secondary N) is 4. The molecule has 0 fully saturated rings. The maximum Gasteiger partial charge on any atom is 0.227 e. The van der Waals surface area contributed by atoms with Gasteiger partial charge in [-0.3, -0.25) is 24.1 Å². The van der Waals surface area contributed by atoms with Crippen LogP contribution in [0.1, 0.15) is 180 Å². The topological polar surface area (TPSA) is 171 Å². The van der Waals surface area contributed by atoms with Gasteiger partial charge in [-0.05, 0) is 114 Å². The Bertz CT molecular complexity index is 2900. The number of para-hydroxylation sites is 3. The second kappa shape index (κ2) is 32.2. The van der Waals surface area contributed by atoms with Crippen molar-refractivity contribution in [2.24, 2.45) is 17.5 Å². The second-order valence-corrected chi connectivity index (χ2v) is 24.1. The second-order valence-electron chi connectivity index (χ2n) is 24.1. The molecule has 83 heavy (non-hydrogen) atoms. The predicted molar refractivity (Wildman–Crippen MR) is 343 cm³/mol. The van der Waals surface area contributed by atoms with Crippen molar-refractivity contribution in [1.29, 1.82) is 0 Å². The number of carbonyl (C=O) groups is 4. The smallest absolute Gasteiger partial charge is 0.227 e. The summed E-state index contributed by atoms with van der Waals surface area (Å²) in [4.78, 5) is 55.4. The molecule has 3 aliphatic heterocycles. The van der Waals surface area contributed by atoms with Crippen LogP contribution in [0.5, 0.6) is 0 Å². The lowest BCUT2D eigenvalue weighted by Crippen LogP contribution is -3.10. The van der Waals surface area contributed by atoms with Gasteiger partial charge in [-0.1, -0.05) is 157 Å². The highest BCUT2D eigenvalue weighted by Gasteiger charge is 2.47. The molecule has 3 aliphatic rings. The summed E-state index contributed by atoms with van der Waals surface area (Å²) in [6, 6.07) is 33.4. The number of likely N-dealkylation sites (N-methyl/N-ethyl adjacent to an activating group) is 1. The van der Waals surface area contributed by atoms with E-state index < -0.39 is 0 Å². The number of amides is 4. The van der Waals surface area contributed by atoms with E-state index in [-0.39, 0.29) is 47.3 Å². The van der Waals surface area contributed by atoms with E-state index in [1.165, 1.54) is 47.5 Å². The molecule has 13 nitrogen and oxygen atoms in total. The molecule has 4 aromatic rings. The van der Waals surface area contributed by atoms with Crippen LogP contribution in [0.3, 0.4) is 0 Å². The number of carbonyl (C=O) groups excluding carboxylic acids is 4. The first-order valence-electron chi connectivity index (χ1n) is 31.1. The first-order valence-corrected chi connectivity index (χ1v) is 31.1. The highest BCUT2D eigenvalue weighted by molar-refractivity contribution is 6.02. The fraction of sp³-hybridized carbons (Fsp3) is 0.486. The molecular weight excluding hydrogens is 1030 g/mol. The highest BCUT2D eigenvalue weighted by Crippen LogP contribution is 2.47. The molecular formula is C70H100N9O4+. The average molecular weight is 1130 g/mol. The number of hydrogen-bond acceptors (Lipinski definition) is 8. The summed E-state index contributed by atoms with van der Waals surface area (Å²) in [5.41, 5.74) is 18.2. The summed E-state index contributed by atoms with van der Waals surface area (Å²) in [6.45, 7) is 21.6. The van der Waals surface area contributed by atoms with Gasteiger partial charge in [0.1, 0.15) is 11.7 Å². The van der Waals surface area contributed by atoms with Crippen LogP contribution >= 0.6 is 0 Å². The van der Waals surface area contributed by atoms with Crippen molar-refractivity contribution < 1.29 is 24.1 Å². The number of quaternary nitrogens is 1. The van der Waals surface area contributed by atoms with Gasteiger partial charge in [0.05, 0.1) is 35.6 Å². The number of fused-ring (bicyclic) bond motifs is 4. The van der Waals surface area contributed by atoms with Gasteiger partial charge >= 0.3 is 0 Å². The van der Waals surface area contributed by atoms with E-state index in [0.29, 0.717) is 62.1 Å². The van der Waals surface area contributed by atoms with E-state index in [0.717, 1.165) is 87.1 Å². The molecule has 13 heteroatoms. The molecule has 0 saturated carbocycles. The highest BCUT2D eigenvalue weighted by atomic mass is 16.2. The minimum Gasteiger partial charge on any atom is -0.396 e. The largest absolute Gasteiger partial charge is 0.396 e. The van der Waals surface area contributed by atoms with Crippen LogP contribution in [0.2, 0.25) is 0 Å². The molecule has 4 aromatic carbocycles. The van der Waals surface area contributed by atoms with E-state index in [9.17, 15) is 19.2 Å². The molecule has 2 unspecified atom stereocenters. The zero-order valence-electron chi connectivity index (χ0n) is 51.8. The number of anilines is 2. The summed E-state index contributed by atoms with van der Waals surface area (Å²) >= 11 is 0. The van der Waals surface area contributed by atoms with E-state index in [2.05, 4.69) is 148 Å². The number of rotatable bonds is 28. The zero-order chi connectivity index (χ0) is 59.9. The average Bonchev–Trinajstić information content (AvgIpc) is 2.94. The first-order chi connectivity index (χ1) is 39.9. The normalized spacial score (nSPS) is 18.0. The van der Waals surface area contributed by atoms with Crippen molar-refractivity contribution in [2.75, 3.05) is 49.6 Å². The summed E-state index contributed by atoms with van der Waals surface area (Å²) in [7, 11) is 2.17. The molecule has 4 amide bonds. The van der Waals surface area contributed by atoms with Gasteiger partial charge in [0, 0.05) is 92.4 Å². The molecule has 8 N–H and O–H groups in total. The first kappa shape index (κ1) is 65.2. The Morgan fingerprint density at radius 2 is 1.25 bits per heavy atom. The standard InChI is InChI=1S/C36H54N6O3.C34H45N3O/c1-4-39-33(44)22-23-34(45)41-26-28-17-10-11-18-29(28)35(37)36(30-19-12-13-20-31(30)41)42(38)25-15-7-9-21-32(43)40-24-14-6-5-8-16-27(2)3;1-7-35-32(38)24-12-9-17-25-37-29-21-16-14-19-27(29)34(4,5)31(37)23-11-8-10-22-30-33(2,3)26-18-13-15-20-28(26)36(30)6/h10-13,17-20,27H,4-9,14-16,21-26,37-38H2,1-3H3,(H,39,44)(H,40,43);8,10-11,13-16,18-23,31H,7,9,12,17,24-25H2,1-6H3,(H,35,38)/p+1/b36-35-;10-8+,23-11?,30-22+. The van der Waals surface area contributed by atoms with E-state index in [4.69, 9.17) is 11.6 Å². The number of unbranched alkanes of at least 4 members (excludes halogenated alkanes) is 7. The van der Waals surface area contributed by atoms with Crippen molar-refractivity contribution in [1.82, 2.24) is 21.0 Å². The SMILES string of the molecule is CCNC(=O)CCC(=O)N1Cc2ccccc2/C(N)=C(/N(N)CCCCCC(=O)NCCCCCCC(C)C)c2ccccc21.CCNC(=O)CCCCC[NH+]1c2ccccc2C(C)(C)C1C=C/C=C/C=C1/N(C)c2ccccc2C1(C)C. The van der Waals surface area contributed by atoms with Crippen molar-refractivity contribution in [3.05, 3.63) is 161 Å². The lowest BCUT2D eigenvalue weighted by Gasteiger charge is -2.33. The monoisotopic (exact) mass is 1130 g/mol. The van der Waals surface area contributed by atoms with Gasteiger partial charge in [0.25, 0.3) is 0 Å². The van der Waals surface area contributed by atoms with Gasteiger partial charge in [0.15, 0.2) is 0 Å².